The van der Waals surface area contributed by atoms with E-state index >= 15 is 0 Å². The number of hydrogen-bond acceptors (Lipinski definition) is 5. The van der Waals surface area contributed by atoms with Crippen LogP contribution in [0.15, 0.2) is 16.3 Å². The Balaban J connectivity index is 2.51. The zero-order chi connectivity index (χ0) is 15.3. The number of primary sulfonamides is 1. The molecule has 1 aromatic rings. The van der Waals surface area contributed by atoms with Crippen molar-refractivity contribution in [1.82, 2.24) is 4.90 Å². The summed E-state index contributed by atoms with van der Waals surface area (Å²) < 4.78 is 27.7. The molecule has 8 heteroatoms. The van der Waals surface area contributed by atoms with E-state index in [2.05, 4.69) is 0 Å². The van der Waals surface area contributed by atoms with Gasteiger partial charge in [-0.25, -0.2) is 13.6 Å². The monoisotopic (exact) mass is 320 g/mol. The lowest BCUT2D eigenvalue weighted by atomic mass is 10.3. The smallest absolute Gasteiger partial charge is 0.247 e. The number of carbonyl (C=O) groups is 1. The second kappa shape index (κ2) is 7.16. The normalized spacial score (nSPS) is 11.8. The average molecular weight is 320 g/mol. The van der Waals surface area contributed by atoms with Crippen molar-refractivity contribution in [2.24, 2.45) is 5.14 Å². The van der Waals surface area contributed by atoms with E-state index in [1.165, 1.54) is 6.07 Å². The largest absolute Gasteiger partial charge is 0.377 e. The van der Waals surface area contributed by atoms with Crippen LogP contribution < -0.4 is 5.14 Å². The highest BCUT2D eigenvalue weighted by atomic mass is 32.2. The Morgan fingerprint density at radius 2 is 2.10 bits per heavy atom. The van der Waals surface area contributed by atoms with Gasteiger partial charge in [0, 0.05) is 18.5 Å². The fourth-order valence-corrected chi connectivity index (χ4v) is 3.21. The second-order valence-electron chi connectivity index (χ2n) is 4.68. The second-order valence-corrected chi connectivity index (χ2v) is 7.63. The predicted octanol–water partition coefficient (Wildman–Crippen LogP) is 0.821. The fourth-order valence-electron chi connectivity index (χ4n) is 1.44. The molecule has 0 aliphatic carbocycles. The Bertz CT molecular complexity index is 552. The van der Waals surface area contributed by atoms with Gasteiger partial charge in [0.1, 0.15) is 4.21 Å². The molecule has 0 atom stereocenters. The van der Waals surface area contributed by atoms with E-state index in [1.54, 1.807) is 18.0 Å². The van der Waals surface area contributed by atoms with Crippen LogP contribution in [0.5, 0.6) is 0 Å². The minimum absolute atomic E-state index is 0.0751. The van der Waals surface area contributed by atoms with Crippen LogP contribution in [0, 0.1) is 0 Å². The fraction of sp³-hybridized carbons (Fsp3) is 0.583. The number of amides is 1. The summed E-state index contributed by atoms with van der Waals surface area (Å²) in [6, 6.07) is 3.03. The van der Waals surface area contributed by atoms with Gasteiger partial charge in [-0.1, -0.05) is 0 Å². The van der Waals surface area contributed by atoms with Gasteiger partial charge < -0.3 is 9.64 Å². The number of carbonyl (C=O) groups excluding carboxylic acids is 1. The zero-order valence-corrected chi connectivity index (χ0v) is 13.5. The molecule has 0 aromatic carbocycles. The molecule has 0 aliphatic rings. The van der Waals surface area contributed by atoms with Gasteiger partial charge in [0.2, 0.25) is 15.9 Å². The molecule has 2 N–H and O–H groups in total. The van der Waals surface area contributed by atoms with Crippen LogP contribution in [0.2, 0.25) is 0 Å². The Morgan fingerprint density at radius 1 is 1.45 bits per heavy atom. The molecule has 1 aromatic heterocycles. The zero-order valence-electron chi connectivity index (χ0n) is 11.8. The number of sulfonamides is 1. The Labute approximate surface area is 123 Å². The molecule has 0 saturated heterocycles. The maximum atomic E-state index is 11.9. The summed E-state index contributed by atoms with van der Waals surface area (Å²) in [7, 11) is -1.99. The van der Waals surface area contributed by atoms with E-state index in [0.29, 0.717) is 18.0 Å². The van der Waals surface area contributed by atoms with Crippen molar-refractivity contribution in [3.63, 3.8) is 0 Å². The number of hydrogen-bond donors (Lipinski definition) is 1. The molecule has 1 heterocycles. The third-order valence-electron chi connectivity index (χ3n) is 2.55. The van der Waals surface area contributed by atoms with Crippen LogP contribution in [0.3, 0.4) is 0 Å². The van der Waals surface area contributed by atoms with Gasteiger partial charge >= 0.3 is 0 Å². The van der Waals surface area contributed by atoms with Crippen molar-refractivity contribution in [1.29, 1.82) is 0 Å². The number of likely N-dealkylation sites (N-methyl/N-ethyl adjacent to an activating group) is 1. The average Bonchev–Trinajstić information content (AvgIpc) is 2.76. The first-order valence-corrected chi connectivity index (χ1v) is 8.53. The van der Waals surface area contributed by atoms with Crippen LogP contribution in [0.4, 0.5) is 0 Å². The lowest BCUT2D eigenvalue weighted by Crippen LogP contribution is -2.31. The van der Waals surface area contributed by atoms with Crippen LogP contribution in [0.1, 0.15) is 18.7 Å². The standard InChI is InChI=1S/C12H20N2O4S2/c1-9(2)18-7-6-14(3)11(15)8-10-4-5-12(19-10)20(13,16)17/h4-5,9H,6-8H2,1-3H3,(H2,13,16,17). The van der Waals surface area contributed by atoms with E-state index < -0.39 is 10.0 Å². The number of rotatable bonds is 7. The van der Waals surface area contributed by atoms with Crippen LogP contribution in [0.25, 0.3) is 0 Å². The van der Waals surface area contributed by atoms with Gasteiger partial charge in [-0.05, 0) is 26.0 Å². The van der Waals surface area contributed by atoms with Gasteiger partial charge in [-0.15, -0.1) is 11.3 Å². The molecule has 0 spiro atoms. The molecule has 0 unspecified atom stereocenters. The van der Waals surface area contributed by atoms with Gasteiger partial charge in [0.25, 0.3) is 0 Å². The van der Waals surface area contributed by atoms with E-state index in [0.717, 1.165) is 11.3 Å². The first-order valence-electron chi connectivity index (χ1n) is 6.17. The number of ether oxygens (including phenoxy) is 1. The topological polar surface area (TPSA) is 89.7 Å². The molecule has 0 radical (unpaired) electrons. The molecule has 114 valence electrons. The first-order chi connectivity index (χ1) is 9.20. The lowest BCUT2D eigenvalue weighted by molar-refractivity contribution is -0.130. The summed E-state index contributed by atoms with van der Waals surface area (Å²) in [6.45, 7) is 4.85. The molecule has 6 nitrogen and oxygen atoms in total. The molecular weight excluding hydrogens is 300 g/mol. The SMILES string of the molecule is CC(C)OCCN(C)C(=O)Cc1ccc(S(N)(=O)=O)s1. The van der Waals surface area contributed by atoms with Crippen LogP contribution in [-0.2, 0) is 26.0 Å². The Morgan fingerprint density at radius 3 is 2.60 bits per heavy atom. The van der Waals surface area contributed by atoms with Crippen LogP contribution >= 0.6 is 11.3 Å². The van der Waals surface area contributed by atoms with E-state index in [-0.39, 0.29) is 22.6 Å². The van der Waals surface area contributed by atoms with Crippen molar-refractivity contribution >= 4 is 27.3 Å². The maximum absolute atomic E-state index is 11.9. The molecule has 0 fully saturated rings. The summed E-state index contributed by atoms with van der Waals surface area (Å²) in [4.78, 5) is 14.2. The molecular formula is C12H20N2O4S2. The number of nitrogens with zero attached hydrogens (tertiary/aromatic N) is 1. The van der Waals surface area contributed by atoms with E-state index in [9.17, 15) is 13.2 Å². The Kier molecular flexibility index (Phi) is 6.12. The lowest BCUT2D eigenvalue weighted by Gasteiger charge is -2.17. The van der Waals surface area contributed by atoms with Gasteiger partial charge in [-0.3, -0.25) is 4.79 Å². The third-order valence-corrected chi connectivity index (χ3v) is 5.07. The quantitative estimate of drug-likeness (QED) is 0.805. The number of thiophene rings is 1. The van der Waals surface area contributed by atoms with Crippen molar-refractivity contribution in [3.8, 4) is 0 Å². The van der Waals surface area contributed by atoms with Crippen molar-refractivity contribution in [3.05, 3.63) is 17.0 Å². The van der Waals surface area contributed by atoms with Crippen molar-refractivity contribution in [2.75, 3.05) is 20.2 Å². The summed E-state index contributed by atoms with van der Waals surface area (Å²) in [5.41, 5.74) is 0. The summed E-state index contributed by atoms with van der Waals surface area (Å²) >= 11 is 1.02. The number of nitrogens with two attached hydrogens (primary N) is 1. The summed E-state index contributed by atoms with van der Waals surface area (Å²) in [5, 5.41) is 5.03. The Hall–Kier alpha value is -0.960. The van der Waals surface area contributed by atoms with Gasteiger partial charge in [0.15, 0.2) is 0 Å². The predicted molar refractivity (Wildman–Crippen MR) is 78.1 cm³/mol. The molecule has 20 heavy (non-hydrogen) atoms. The van der Waals surface area contributed by atoms with Crippen LogP contribution in [-0.4, -0.2) is 45.5 Å². The van der Waals surface area contributed by atoms with Crippen molar-refractivity contribution < 1.29 is 17.9 Å². The highest BCUT2D eigenvalue weighted by molar-refractivity contribution is 7.91. The van der Waals surface area contributed by atoms with Gasteiger partial charge in [0.05, 0.1) is 19.1 Å². The molecule has 1 rings (SSSR count). The highest BCUT2D eigenvalue weighted by Gasteiger charge is 2.15. The molecule has 0 aliphatic heterocycles. The first kappa shape index (κ1) is 17.1. The molecule has 0 saturated carbocycles. The molecule has 0 bridgehead atoms. The molecule has 1 amide bonds. The highest BCUT2D eigenvalue weighted by Crippen LogP contribution is 2.21. The minimum atomic E-state index is -3.69. The van der Waals surface area contributed by atoms with E-state index in [4.69, 9.17) is 9.88 Å². The van der Waals surface area contributed by atoms with E-state index in [1.807, 2.05) is 13.8 Å². The summed E-state index contributed by atoms with van der Waals surface area (Å²) in [6.07, 6.45) is 0.298. The van der Waals surface area contributed by atoms with Gasteiger partial charge in [-0.2, -0.15) is 0 Å². The maximum Gasteiger partial charge on any atom is 0.247 e. The van der Waals surface area contributed by atoms with Crippen molar-refractivity contribution in [2.45, 2.75) is 30.6 Å². The summed E-state index contributed by atoms with van der Waals surface area (Å²) in [5.74, 6) is -0.0832. The third kappa shape index (κ3) is 5.58. The minimum Gasteiger partial charge on any atom is -0.377 e.